The zero-order valence-corrected chi connectivity index (χ0v) is 17.0. The van der Waals surface area contributed by atoms with Gasteiger partial charge >= 0.3 is 0 Å². The molecule has 7 nitrogen and oxygen atoms in total. The van der Waals surface area contributed by atoms with E-state index in [-0.39, 0.29) is 11.8 Å². The molecular weight excluding hydrogens is 368 g/mol. The van der Waals surface area contributed by atoms with E-state index >= 15 is 0 Å². The molecule has 1 atom stereocenters. The molecule has 1 aromatic rings. The van der Waals surface area contributed by atoms with Crippen molar-refractivity contribution in [3.8, 4) is 0 Å². The molecule has 0 aliphatic carbocycles. The van der Waals surface area contributed by atoms with Crippen LogP contribution in [0.4, 0.5) is 0 Å². The van der Waals surface area contributed by atoms with Crippen LogP contribution in [-0.2, 0) is 20.9 Å². The summed E-state index contributed by atoms with van der Waals surface area (Å²) in [7, 11) is 0. The third kappa shape index (κ3) is 5.22. The number of amides is 2. The Morgan fingerprint density at radius 1 is 1.10 bits per heavy atom. The van der Waals surface area contributed by atoms with Crippen molar-refractivity contribution in [1.29, 1.82) is 0 Å². The van der Waals surface area contributed by atoms with Crippen LogP contribution in [0.5, 0.6) is 0 Å². The Hall–Kier alpha value is -2.25. The molecule has 0 saturated carbocycles. The fourth-order valence-electron chi connectivity index (χ4n) is 4.37. The van der Waals surface area contributed by atoms with Gasteiger partial charge in [-0.2, -0.15) is 5.10 Å². The lowest BCUT2D eigenvalue weighted by Gasteiger charge is -2.37. The summed E-state index contributed by atoms with van der Waals surface area (Å²) >= 11 is 0. The standard InChI is InChI=1S/C22H30N4O3/c27-21-9-8-20(23-26(21)17-18-5-2-1-3-6-18)22(28)25-10-4-7-19(16-25)15-24-11-13-29-14-12-24/h1-3,5-6,19H,4,7-17H2. The summed E-state index contributed by atoms with van der Waals surface area (Å²) in [5.74, 6) is 0.480. The number of likely N-dealkylation sites (tertiary alicyclic amines) is 1. The second-order valence-electron chi connectivity index (χ2n) is 8.16. The molecule has 0 bridgehead atoms. The molecule has 2 amide bonds. The maximum atomic E-state index is 13.1. The van der Waals surface area contributed by atoms with Crippen LogP contribution in [0.1, 0.15) is 31.2 Å². The van der Waals surface area contributed by atoms with Gasteiger partial charge in [-0.25, -0.2) is 5.01 Å². The number of rotatable bonds is 5. The van der Waals surface area contributed by atoms with Crippen molar-refractivity contribution in [2.75, 3.05) is 45.9 Å². The number of hydrazone groups is 1. The van der Waals surface area contributed by atoms with Gasteiger partial charge in [0.1, 0.15) is 5.71 Å². The number of ether oxygens (including phenoxy) is 1. The summed E-state index contributed by atoms with van der Waals surface area (Å²) in [5, 5.41) is 5.92. The van der Waals surface area contributed by atoms with Gasteiger partial charge in [0, 0.05) is 45.6 Å². The molecular formula is C22H30N4O3. The van der Waals surface area contributed by atoms with Crippen LogP contribution in [0.25, 0.3) is 0 Å². The fourth-order valence-corrected chi connectivity index (χ4v) is 4.37. The minimum Gasteiger partial charge on any atom is -0.379 e. The van der Waals surface area contributed by atoms with Gasteiger partial charge in [0.15, 0.2) is 0 Å². The minimum absolute atomic E-state index is 0.00207. The zero-order chi connectivity index (χ0) is 20.1. The maximum Gasteiger partial charge on any atom is 0.270 e. The van der Waals surface area contributed by atoms with E-state index in [0.717, 1.165) is 64.3 Å². The van der Waals surface area contributed by atoms with Crippen molar-refractivity contribution >= 4 is 17.5 Å². The van der Waals surface area contributed by atoms with E-state index in [0.29, 0.717) is 31.0 Å². The monoisotopic (exact) mass is 398 g/mol. The molecule has 0 aromatic heterocycles. The highest BCUT2D eigenvalue weighted by atomic mass is 16.5. The highest BCUT2D eigenvalue weighted by Crippen LogP contribution is 2.21. The number of nitrogens with zero attached hydrogens (tertiary/aromatic N) is 4. The summed E-state index contributed by atoms with van der Waals surface area (Å²) in [6.45, 7) is 6.57. The molecule has 156 valence electrons. The molecule has 3 heterocycles. The second kappa shape index (κ2) is 9.50. The number of piperidine rings is 1. The summed E-state index contributed by atoms with van der Waals surface area (Å²) < 4.78 is 5.43. The quantitative estimate of drug-likeness (QED) is 0.758. The van der Waals surface area contributed by atoms with E-state index in [1.807, 2.05) is 35.2 Å². The van der Waals surface area contributed by atoms with Gasteiger partial charge in [-0.15, -0.1) is 0 Å². The molecule has 1 aromatic carbocycles. The van der Waals surface area contributed by atoms with Gasteiger partial charge in [0.2, 0.25) is 5.91 Å². The predicted octanol–water partition coefficient (Wildman–Crippen LogP) is 1.74. The fraction of sp³-hybridized carbons (Fsp3) is 0.591. The normalized spacial score (nSPS) is 23.8. The Morgan fingerprint density at radius 2 is 1.90 bits per heavy atom. The molecule has 2 fully saturated rings. The van der Waals surface area contributed by atoms with Crippen molar-refractivity contribution in [1.82, 2.24) is 14.8 Å². The minimum atomic E-state index is -0.0192. The molecule has 3 aliphatic rings. The molecule has 2 saturated heterocycles. The number of carbonyl (C=O) groups is 2. The number of hydrogen-bond acceptors (Lipinski definition) is 5. The Labute approximate surface area is 172 Å². The van der Waals surface area contributed by atoms with Crippen molar-refractivity contribution < 1.29 is 14.3 Å². The predicted molar refractivity (Wildman–Crippen MR) is 110 cm³/mol. The van der Waals surface area contributed by atoms with Gasteiger partial charge in [0.05, 0.1) is 19.8 Å². The average molecular weight is 399 g/mol. The van der Waals surface area contributed by atoms with Crippen LogP contribution >= 0.6 is 0 Å². The molecule has 4 rings (SSSR count). The largest absolute Gasteiger partial charge is 0.379 e. The first kappa shape index (κ1) is 20.0. The molecule has 0 N–H and O–H groups in total. The van der Waals surface area contributed by atoms with E-state index in [9.17, 15) is 9.59 Å². The van der Waals surface area contributed by atoms with Gasteiger partial charge in [-0.05, 0) is 24.3 Å². The number of hydrogen-bond donors (Lipinski definition) is 0. The van der Waals surface area contributed by atoms with Crippen LogP contribution < -0.4 is 0 Å². The highest BCUT2D eigenvalue weighted by molar-refractivity contribution is 6.39. The van der Waals surface area contributed by atoms with Gasteiger partial charge in [-0.3, -0.25) is 14.5 Å². The molecule has 0 radical (unpaired) electrons. The Morgan fingerprint density at radius 3 is 2.69 bits per heavy atom. The first-order valence-electron chi connectivity index (χ1n) is 10.7. The molecule has 3 aliphatic heterocycles. The number of benzene rings is 1. The number of morpholine rings is 1. The van der Waals surface area contributed by atoms with Crippen LogP contribution in [0, 0.1) is 5.92 Å². The third-order valence-electron chi connectivity index (χ3n) is 5.95. The lowest BCUT2D eigenvalue weighted by Crippen LogP contribution is -2.48. The molecule has 0 spiro atoms. The summed E-state index contributed by atoms with van der Waals surface area (Å²) in [5.41, 5.74) is 1.54. The van der Waals surface area contributed by atoms with E-state index < -0.39 is 0 Å². The van der Waals surface area contributed by atoms with Crippen LogP contribution in [0.2, 0.25) is 0 Å². The van der Waals surface area contributed by atoms with Gasteiger partial charge < -0.3 is 9.64 Å². The van der Waals surface area contributed by atoms with Crippen LogP contribution in [-0.4, -0.2) is 78.3 Å². The van der Waals surface area contributed by atoms with Crippen molar-refractivity contribution in [2.45, 2.75) is 32.2 Å². The van der Waals surface area contributed by atoms with E-state index in [4.69, 9.17) is 4.74 Å². The van der Waals surface area contributed by atoms with Crippen molar-refractivity contribution in [3.63, 3.8) is 0 Å². The van der Waals surface area contributed by atoms with E-state index in [2.05, 4.69) is 10.0 Å². The first-order chi connectivity index (χ1) is 14.2. The average Bonchev–Trinajstić information content (AvgIpc) is 2.76. The number of carbonyl (C=O) groups excluding carboxylic acids is 2. The molecule has 7 heteroatoms. The summed E-state index contributed by atoms with van der Waals surface area (Å²) in [6, 6.07) is 9.78. The van der Waals surface area contributed by atoms with Gasteiger partial charge in [-0.1, -0.05) is 30.3 Å². The van der Waals surface area contributed by atoms with Crippen LogP contribution in [0.15, 0.2) is 35.4 Å². The topological polar surface area (TPSA) is 65.5 Å². The second-order valence-corrected chi connectivity index (χ2v) is 8.16. The molecule has 1 unspecified atom stereocenters. The Balaban J connectivity index is 1.38. The van der Waals surface area contributed by atoms with Crippen LogP contribution in [0.3, 0.4) is 0 Å². The first-order valence-corrected chi connectivity index (χ1v) is 10.7. The van der Waals surface area contributed by atoms with Crippen molar-refractivity contribution in [2.24, 2.45) is 11.0 Å². The lowest BCUT2D eigenvalue weighted by atomic mass is 9.96. The van der Waals surface area contributed by atoms with E-state index in [1.165, 1.54) is 5.01 Å². The maximum absolute atomic E-state index is 13.1. The van der Waals surface area contributed by atoms with Gasteiger partial charge in [0.25, 0.3) is 5.91 Å². The smallest absolute Gasteiger partial charge is 0.270 e. The highest BCUT2D eigenvalue weighted by Gasteiger charge is 2.31. The molecule has 29 heavy (non-hydrogen) atoms. The lowest BCUT2D eigenvalue weighted by molar-refractivity contribution is -0.132. The van der Waals surface area contributed by atoms with E-state index in [1.54, 1.807) is 0 Å². The third-order valence-corrected chi connectivity index (χ3v) is 5.95. The zero-order valence-electron chi connectivity index (χ0n) is 17.0. The summed E-state index contributed by atoms with van der Waals surface area (Å²) in [6.07, 6.45) is 2.98. The SMILES string of the molecule is O=C(C1=NN(Cc2ccccc2)C(=O)CC1)N1CCCC(CN2CCOCC2)C1. The Kier molecular flexibility index (Phi) is 6.56. The summed E-state index contributed by atoms with van der Waals surface area (Å²) in [4.78, 5) is 29.8. The van der Waals surface area contributed by atoms with Crippen molar-refractivity contribution in [3.05, 3.63) is 35.9 Å². The Bertz CT molecular complexity index is 746.